The fourth-order valence-electron chi connectivity index (χ4n) is 1.66. The summed E-state index contributed by atoms with van der Waals surface area (Å²) in [5.41, 5.74) is 1.17. The minimum Gasteiger partial charge on any atom is -0.370 e. The molecular weight excluding hydrogens is 354 g/mol. The van der Waals surface area contributed by atoms with Crippen LogP contribution < -0.4 is 10.6 Å². The van der Waals surface area contributed by atoms with E-state index < -0.39 is 0 Å². The van der Waals surface area contributed by atoms with E-state index in [9.17, 15) is 4.79 Å². The maximum atomic E-state index is 12.1. The fraction of sp³-hybridized carbons (Fsp3) is 0.200. The van der Waals surface area contributed by atoms with E-state index in [0.717, 1.165) is 23.3 Å². The second-order valence-electron chi connectivity index (χ2n) is 4.44. The SMILES string of the molecule is CCCNc1ccc(C(=O)Nc2ccc(Cl)c(Br)c2)cn1. The van der Waals surface area contributed by atoms with E-state index in [1.54, 1.807) is 36.5 Å². The van der Waals surface area contributed by atoms with Crippen molar-refractivity contribution in [1.29, 1.82) is 0 Å². The number of rotatable bonds is 5. The monoisotopic (exact) mass is 367 g/mol. The van der Waals surface area contributed by atoms with Gasteiger partial charge in [0.2, 0.25) is 0 Å². The molecule has 4 nitrogen and oxygen atoms in total. The lowest BCUT2D eigenvalue weighted by atomic mass is 10.2. The molecule has 0 atom stereocenters. The molecule has 0 saturated carbocycles. The van der Waals surface area contributed by atoms with E-state index in [0.29, 0.717) is 16.3 Å². The van der Waals surface area contributed by atoms with Gasteiger partial charge in [-0.05, 0) is 52.7 Å². The van der Waals surface area contributed by atoms with Gasteiger partial charge in [-0.2, -0.15) is 0 Å². The van der Waals surface area contributed by atoms with Crippen LogP contribution in [0, 0.1) is 0 Å². The van der Waals surface area contributed by atoms with Crippen molar-refractivity contribution in [2.45, 2.75) is 13.3 Å². The number of aromatic nitrogens is 1. The first kappa shape index (κ1) is 15.8. The van der Waals surface area contributed by atoms with Crippen molar-refractivity contribution in [2.24, 2.45) is 0 Å². The zero-order chi connectivity index (χ0) is 15.2. The highest BCUT2D eigenvalue weighted by molar-refractivity contribution is 9.10. The van der Waals surface area contributed by atoms with Gasteiger partial charge in [-0.15, -0.1) is 0 Å². The van der Waals surface area contributed by atoms with Gasteiger partial charge in [0.05, 0.1) is 10.6 Å². The number of carbonyl (C=O) groups excluding carboxylic acids is 1. The van der Waals surface area contributed by atoms with E-state index in [-0.39, 0.29) is 5.91 Å². The van der Waals surface area contributed by atoms with Crippen LogP contribution in [0.1, 0.15) is 23.7 Å². The molecule has 0 fully saturated rings. The summed E-state index contributed by atoms with van der Waals surface area (Å²) in [5.74, 6) is 0.557. The molecule has 2 aromatic rings. The Morgan fingerprint density at radius 3 is 2.76 bits per heavy atom. The second kappa shape index (κ2) is 7.43. The summed E-state index contributed by atoms with van der Waals surface area (Å²) in [6.07, 6.45) is 2.58. The summed E-state index contributed by atoms with van der Waals surface area (Å²) in [5, 5.41) is 6.56. The fourth-order valence-corrected chi connectivity index (χ4v) is 2.16. The maximum absolute atomic E-state index is 12.1. The minimum absolute atomic E-state index is 0.209. The van der Waals surface area contributed by atoms with Crippen LogP contribution >= 0.6 is 27.5 Å². The molecule has 1 amide bonds. The quantitative estimate of drug-likeness (QED) is 0.812. The maximum Gasteiger partial charge on any atom is 0.257 e. The number of halogens is 2. The summed E-state index contributed by atoms with van der Waals surface area (Å²) in [7, 11) is 0. The van der Waals surface area contributed by atoms with Crippen molar-refractivity contribution in [3.05, 3.63) is 51.6 Å². The molecular formula is C15H15BrClN3O. The molecule has 0 bridgehead atoms. The van der Waals surface area contributed by atoms with Crippen LogP contribution in [0.15, 0.2) is 41.0 Å². The van der Waals surface area contributed by atoms with E-state index in [1.165, 1.54) is 0 Å². The highest BCUT2D eigenvalue weighted by atomic mass is 79.9. The number of hydrogen-bond acceptors (Lipinski definition) is 3. The van der Waals surface area contributed by atoms with Gasteiger partial charge in [-0.1, -0.05) is 18.5 Å². The van der Waals surface area contributed by atoms with Gasteiger partial charge >= 0.3 is 0 Å². The number of amides is 1. The molecule has 21 heavy (non-hydrogen) atoms. The first-order chi connectivity index (χ1) is 10.1. The number of nitrogens with zero attached hydrogens (tertiary/aromatic N) is 1. The topological polar surface area (TPSA) is 54.0 Å². The van der Waals surface area contributed by atoms with E-state index in [2.05, 4.69) is 38.5 Å². The first-order valence-corrected chi connectivity index (χ1v) is 7.73. The molecule has 0 unspecified atom stereocenters. The third kappa shape index (κ3) is 4.44. The summed E-state index contributed by atoms with van der Waals surface area (Å²) >= 11 is 9.24. The van der Waals surface area contributed by atoms with Crippen molar-refractivity contribution in [3.63, 3.8) is 0 Å². The van der Waals surface area contributed by atoms with Crippen molar-refractivity contribution in [3.8, 4) is 0 Å². The van der Waals surface area contributed by atoms with Crippen LogP contribution in [-0.4, -0.2) is 17.4 Å². The van der Waals surface area contributed by atoms with Crippen LogP contribution in [0.4, 0.5) is 11.5 Å². The van der Waals surface area contributed by atoms with Gasteiger partial charge in [0.15, 0.2) is 0 Å². The Kier molecular flexibility index (Phi) is 5.59. The van der Waals surface area contributed by atoms with Gasteiger partial charge in [-0.3, -0.25) is 4.79 Å². The van der Waals surface area contributed by atoms with Gasteiger partial charge < -0.3 is 10.6 Å². The highest BCUT2D eigenvalue weighted by Crippen LogP contribution is 2.25. The predicted molar refractivity (Wildman–Crippen MR) is 90.1 cm³/mol. The number of hydrogen-bond donors (Lipinski definition) is 2. The molecule has 0 spiro atoms. The molecule has 1 aromatic heterocycles. The zero-order valence-corrected chi connectivity index (χ0v) is 13.8. The lowest BCUT2D eigenvalue weighted by Gasteiger charge is -2.07. The Bertz CT molecular complexity index is 631. The van der Waals surface area contributed by atoms with Gasteiger partial charge in [0.25, 0.3) is 5.91 Å². The van der Waals surface area contributed by atoms with E-state index >= 15 is 0 Å². The third-order valence-electron chi connectivity index (χ3n) is 2.76. The lowest BCUT2D eigenvalue weighted by Crippen LogP contribution is -2.12. The van der Waals surface area contributed by atoms with Gasteiger partial charge in [0, 0.05) is 22.9 Å². The molecule has 0 aliphatic rings. The Balaban J connectivity index is 2.04. The molecule has 2 N–H and O–H groups in total. The van der Waals surface area contributed by atoms with Gasteiger partial charge in [0.1, 0.15) is 5.82 Å². The van der Waals surface area contributed by atoms with Gasteiger partial charge in [-0.25, -0.2) is 4.98 Å². The summed E-state index contributed by atoms with van der Waals surface area (Å²) in [4.78, 5) is 16.3. The molecule has 110 valence electrons. The van der Waals surface area contributed by atoms with Crippen LogP contribution in [-0.2, 0) is 0 Å². The molecule has 0 saturated heterocycles. The lowest BCUT2D eigenvalue weighted by molar-refractivity contribution is 0.102. The first-order valence-electron chi connectivity index (χ1n) is 6.56. The molecule has 2 rings (SSSR count). The Morgan fingerprint density at radius 2 is 2.14 bits per heavy atom. The highest BCUT2D eigenvalue weighted by Gasteiger charge is 2.08. The third-order valence-corrected chi connectivity index (χ3v) is 3.97. The van der Waals surface area contributed by atoms with Crippen molar-refractivity contribution >= 4 is 44.9 Å². The normalized spacial score (nSPS) is 10.2. The molecule has 1 aromatic carbocycles. The molecule has 6 heteroatoms. The standard InChI is InChI=1S/C15H15BrClN3O/c1-2-7-18-14-6-3-10(9-19-14)15(21)20-11-4-5-13(17)12(16)8-11/h3-6,8-9H,2,7H2,1H3,(H,18,19)(H,20,21). The zero-order valence-electron chi connectivity index (χ0n) is 11.5. The molecule has 0 aliphatic carbocycles. The number of anilines is 2. The predicted octanol–water partition coefficient (Wildman–Crippen LogP) is 4.57. The van der Waals surface area contributed by atoms with Crippen molar-refractivity contribution < 1.29 is 4.79 Å². The minimum atomic E-state index is -0.209. The van der Waals surface area contributed by atoms with Crippen LogP contribution in [0.3, 0.4) is 0 Å². The number of nitrogens with one attached hydrogen (secondary N) is 2. The summed E-state index contributed by atoms with van der Waals surface area (Å²) in [6, 6.07) is 8.76. The number of pyridine rings is 1. The molecule has 0 radical (unpaired) electrons. The number of carbonyl (C=O) groups is 1. The van der Waals surface area contributed by atoms with Crippen LogP contribution in [0.2, 0.25) is 5.02 Å². The summed E-state index contributed by atoms with van der Waals surface area (Å²) in [6.45, 7) is 2.94. The number of benzene rings is 1. The van der Waals surface area contributed by atoms with Crippen molar-refractivity contribution in [1.82, 2.24) is 4.98 Å². The molecule has 1 heterocycles. The second-order valence-corrected chi connectivity index (χ2v) is 5.70. The van der Waals surface area contributed by atoms with Crippen LogP contribution in [0.5, 0.6) is 0 Å². The smallest absolute Gasteiger partial charge is 0.257 e. The molecule has 0 aliphatic heterocycles. The van der Waals surface area contributed by atoms with Crippen molar-refractivity contribution in [2.75, 3.05) is 17.2 Å². The van der Waals surface area contributed by atoms with E-state index in [4.69, 9.17) is 11.6 Å². The Morgan fingerprint density at radius 1 is 1.33 bits per heavy atom. The van der Waals surface area contributed by atoms with E-state index in [1.807, 2.05) is 0 Å². The Labute approximate surface area is 137 Å². The average molecular weight is 369 g/mol. The summed E-state index contributed by atoms with van der Waals surface area (Å²) < 4.78 is 0.735. The Hall–Kier alpha value is -1.59. The van der Waals surface area contributed by atoms with Crippen LogP contribution in [0.25, 0.3) is 0 Å². The average Bonchev–Trinajstić information content (AvgIpc) is 2.49. The largest absolute Gasteiger partial charge is 0.370 e.